The molecule has 1 aromatic rings. The summed E-state index contributed by atoms with van der Waals surface area (Å²) in [6, 6.07) is 4.57. The SMILES string of the molecule is Cc1ccc(N)c(S(=O)C(F)F)c1. The highest BCUT2D eigenvalue weighted by molar-refractivity contribution is 7.85. The van der Waals surface area contributed by atoms with Crippen molar-refractivity contribution in [1.29, 1.82) is 0 Å². The van der Waals surface area contributed by atoms with Gasteiger partial charge in [-0.1, -0.05) is 6.07 Å². The Morgan fingerprint density at radius 2 is 2.08 bits per heavy atom. The van der Waals surface area contributed by atoms with Gasteiger partial charge in [0.15, 0.2) is 0 Å². The molecule has 0 aliphatic rings. The molecule has 0 bridgehead atoms. The van der Waals surface area contributed by atoms with Gasteiger partial charge < -0.3 is 5.73 Å². The molecule has 0 aliphatic heterocycles. The van der Waals surface area contributed by atoms with E-state index in [2.05, 4.69) is 0 Å². The summed E-state index contributed by atoms with van der Waals surface area (Å²) in [6.45, 7) is 1.73. The van der Waals surface area contributed by atoms with Crippen LogP contribution >= 0.6 is 0 Å². The number of alkyl halides is 2. The summed E-state index contributed by atoms with van der Waals surface area (Å²) in [4.78, 5) is 0.00926. The van der Waals surface area contributed by atoms with Gasteiger partial charge >= 0.3 is 5.76 Å². The zero-order chi connectivity index (χ0) is 10.0. The van der Waals surface area contributed by atoms with Gasteiger partial charge in [0.1, 0.15) is 10.8 Å². The van der Waals surface area contributed by atoms with E-state index in [9.17, 15) is 13.0 Å². The Labute approximate surface area is 77.2 Å². The molecule has 13 heavy (non-hydrogen) atoms. The van der Waals surface area contributed by atoms with Gasteiger partial charge in [-0.05, 0) is 24.6 Å². The van der Waals surface area contributed by atoms with E-state index < -0.39 is 16.6 Å². The van der Waals surface area contributed by atoms with Crippen LogP contribution in [0.2, 0.25) is 0 Å². The number of benzene rings is 1. The van der Waals surface area contributed by atoms with E-state index in [1.54, 1.807) is 13.0 Å². The molecule has 0 saturated carbocycles. The fourth-order valence-corrected chi connectivity index (χ4v) is 1.71. The second kappa shape index (κ2) is 3.83. The number of nitrogen functional groups attached to an aromatic ring is 1. The van der Waals surface area contributed by atoms with Gasteiger partial charge in [0, 0.05) is 5.69 Å². The molecule has 0 aliphatic carbocycles. The molecule has 2 nitrogen and oxygen atoms in total. The zero-order valence-electron chi connectivity index (χ0n) is 6.96. The Morgan fingerprint density at radius 3 is 2.62 bits per heavy atom. The molecule has 1 rings (SSSR count). The summed E-state index contributed by atoms with van der Waals surface area (Å²) in [7, 11) is -2.32. The van der Waals surface area contributed by atoms with Crippen molar-refractivity contribution in [2.24, 2.45) is 0 Å². The third kappa shape index (κ3) is 2.24. The van der Waals surface area contributed by atoms with Crippen LogP contribution in [0.5, 0.6) is 0 Å². The molecule has 0 amide bonds. The summed E-state index contributed by atoms with van der Waals surface area (Å²) in [6.07, 6.45) is 0. The molecule has 0 fully saturated rings. The lowest BCUT2D eigenvalue weighted by molar-refractivity contribution is 0.244. The Hall–Kier alpha value is -0.970. The van der Waals surface area contributed by atoms with Crippen molar-refractivity contribution in [3.63, 3.8) is 0 Å². The van der Waals surface area contributed by atoms with Gasteiger partial charge in [-0.3, -0.25) is 0 Å². The van der Waals surface area contributed by atoms with Crippen LogP contribution < -0.4 is 5.73 Å². The molecule has 72 valence electrons. The number of aryl methyl sites for hydroxylation is 1. The monoisotopic (exact) mass is 205 g/mol. The first-order chi connectivity index (χ1) is 6.02. The third-order valence-corrected chi connectivity index (χ3v) is 2.66. The lowest BCUT2D eigenvalue weighted by Crippen LogP contribution is -2.05. The van der Waals surface area contributed by atoms with Gasteiger partial charge in [0.2, 0.25) is 0 Å². The van der Waals surface area contributed by atoms with Gasteiger partial charge in [-0.15, -0.1) is 0 Å². The minimum Gasteiger partial charge on any atom is -0.398 e. The average Bonchev–Trinajstić information content (AvgIpc) is 2.08. The number of halogens is 2. The van der Waals surface area contributed by atoms with Crippen LogP contribution in [0.4, 0.5) is 14.5 Å². The number of hydrogen-bond donors (Lipinski definition) is 1. The van der Waals surface area contributed by atoms with Crippen LogP contribution in [0.1, 0.15) is 5.56 Å². The standard InChI is InChI=1S/C8H9F2NOS/c1-5-2-3-6(11)7(4-5)13(12)8(9)10/h2-4,8H,11H2,1H3. The highest BCUT2D eigenvalue weighted by Crippen LogP contribution is 2.21. The summed E-state index contributed by atoms with van der Waals surface area (Å²) in [5.41, 5.74) is 6.31. The lowest BCUT2D eigenvalue weighted by atomic mass is 10.2. The number of nitrogens with two attached hydrogens (primary N) is 1. The number of hydrogen-bond acceptors (Lipinski definition) is 2. The summed E-state index contributed by atoms with van der Waals surface area (Å²) >= 11 is 0. The maximum Gasteiger partial charge on any atom is 0.316 e. The van der Waals surface area contributed by atoms with E-state index >= 15 is 0 Å². The molecular formula is C8H9F2NOS. The second-order valence-corrected chi connectivity index (χ2v) is 3.99. The molecule has 0 radical (unpaired) electrons. The fraction of sp³-hybridized carbons (Fsp3) is 0.250. The van der Waals surface area contributed by atoms with Gasteiger partial charge in [0.25, 0.3) is 0 Å². The molecule has 0 heterocycles. The van der Waals surface area contributed by atoms with Gasteiger partial charge in [-0.2, -0.15) is 8.78 Å². The molecule has 0 saturated heterocycles. The van der Waals surface area contributed by atoms with Crippen molar-refractivity contribution in [3.05, 3.63) is 23.8 Å². The quantitative estimate of drug-likeness (QED) is 0.749. The predicted octanol–water partition coefficient (Wildman–Crippen LogP) is 1.91. The Balaban J connectivity index is 3.13. The number of rotatable bonds is 2. The average molecular weight is 205 g/mol. The van der Waals surface area contributed by atoms with Crippen molar-refractivity contribution in [3.8, 4) is 0 Å². The Bertz CT molecular complexity index is 341. The van der Waals surface area contributed by atoms with Crippen LogP contribution in [-0.2, 0) is 10.8 Å². The van der Waals surface area contributed by atoms with E-state index in [0.29, 0.717) is 0 Å². The van der Waals surface area contributed by atoms with E-state index in [-0.39, 0.29) is 10.6 Å². The first-order valence-corrected chi connectivity index (χ1v) is 4.78. The number of anilines is 1. The fourth-order valence-electron chi connectivity index (χ4n) is 0.912. The molecule has 0 spiro atoms. The molecule has 1 aromatic carbocycles. The first-order valence-electron chi connectivity index (χ1n) is 3.57. The van der Waals surface area contributed by atoms with Crippen molar-refractivity contribution >= 4 is 16.5 Å². The molecule has 5 heteroatoms. The van der Waals surface area contributed by atoms with Crippen molar-refractivity contribution in [2.75, 3.05) is 5.73 Å². The van der Waals surface area contributed by atoms with Crippen LogP contribution in [0.3, 0.4) is 0 Å². The van der Waals surface area contributed by atoms with E-state index in [1.807, 2.05) is 0 Å². The van der Waals surface area contributed by atoms with Gasteiger partial charge in [-0.25, -0.2) is 4.21 Å². The van der Waals surface area contributed by atoms with Crippen LogP contribution in [0, 0.1) is 6.92 Å². The first kappa shape index (κ1) is 10.1. The molecular weight excluding hydrogens is 196 g/mol. The normalized spacial score (nSPS) is 13.2. The van der Waals surface area contributed by atoms with Crippen molar-refractivity contribution < 1.29 is 13.0 Å². The van der Waals surface area contributed by atoms with E-state index in [4.69, 9.17) is 5.73 Å². The molecule has 0 aromatic heterocycles. The topological polar surface area (TPSA) is 43.1 Å². The highest BCUT2D eigenvalue weighted by Gasteiger charge is 2.17. The van der Waals surface area contributed by atoms with E-state index in [1.165, 1.54) is 12.1 Å². The van der Waals surface area contributed by atoms with Crippen molar-refractivity contribution in [1.82, 2.24) is 0 Å². The summed E-state index contributed by atoms with van der Waals surface area (Å²) < 4.78 is 35.1. The maximum atomic E-state index is 12.1. The van der Waals surface area contributed by atoms with E-state index in [0.717, 1.165) is 5.56 Å². The molecule has 1 atom stereocenters. The molecule has 2 N–H and O–H groups in total. The van der Waals surface area contributed by atoms with Crippen molar-refractivity contribution in [2.45, 2.75) is 17.6 Å². The summed E-state index contributed by atoms with van der Waals surface area (Å²) in [5.74, 6) is -2.89. The third-order valence-electron chi connectivity index (χ3n) is 1.55. The van der Waals surface area contributed by atoms with Crippen LogP contribution in [0.25, 0.3) is 0 Å². The smallest absolute Gasteiger partial charge is 0.316 e. The highest BCUT2D eigenvalue weighted by atomic mass is 32.2. The zero-order valence-corrected chi connectivity index (χ0v) is 7.78. The van der Waals surface area contributed by atoms with Crippen LogP contribution in [0.15, 0.2) is 23.1 Å². The predicted molar refractivity (Wildman–Crippen MR) is 48.0 cm³/mol. The maximum absolute atomic E-state index is 12.1. The van der Waals surface area contributed by atoms with Crippen LogP contribution in [-0.4, -0.2) is 9.97 Å². The minimum atomic E-state index is -2.89. The second-order valence-electron chi connectivity index (χ2n) is 2.60. The van der Waals surface area contributed by atoms with Gasteiger partial charge in [0.05, 0.1) is 4.90 Å². The summed E-state index contributed by atoms with van der Waals surface area (Å²) in [5, 5.41) is 0. The lowest BCUT2D eigenvalue weighted by Gasteiger charge is -2.05. The Morgan fingerprint density at radius 1 is 1.46 bits per heavy atom. The molecule has 1 unspecified atom stereocenters. The Kier molecular flexibility index (Phi) is 2.98. The largest absolute Gasteiger partial charge is 0.398 e. The minimum absolute atomic E-state index is 0.00926.